The quantitative estimate of drug-likeness (QED) is 0.259. The van der Waals surface area contributed by atoms with Crippen LogP contribution in [0, 0.1) is 0 Å². The number of carboxylic acid groups (broad SMARTS) is 1. The number of alkyl halides is 3. The number of imidazole rings is 1. The Hall–Kier alpha value is -5.06. The second-order valence-corrected chi connectivity index (χ2v) is 12.2. The van der Waals surface area contributed by atoms with Crippen LogP contribution in [0.3, 0.4) is 0 Å². The van der Waals surface area contributed by atoms with Crippen LogP contribution in [-0.4, -0.2) is 96.4 Å². The molecule has 1 aliphatic heterocycles. The average Bonchev–Trinajstić information content (AvgIpc) is 3.58. The third-order valence-electron chi connectivity index (χ3n) is 8.03. The van der Waals surface area contributed by atoms with E-state index in [1.165, 1.54) is 36.0 Å². The molecule has 1 aliphatic carbocycles. The third-order valence-corrected chi connectivity index (χ3v) is 8.35. The van der Waals surface area contributed by atoms with Crippen molar-refractivity contribution in [1.82, 2.24) is 39.8 Å². The summed E-state index contributed by atoms with van der Waals surface area (Å²) in [6.07, 6.45) is -2.43. The van der Waals surface area contributed by atoms with E-state index in [1.807, 2.05) is 0 Å². The molecule has 18 heteroatoms. The molecule has 4 N–H and O–H groups in total. The minimum absolute atomic E-state index is 0.0294. The summed E-state index contributed by atoms with van der Waals surface area (Å²) in [5.74, 6) is -1.24. The summed E-state index contributed by atoms with van der Waals surface area (Å²) in [6.45, 7) is 6.56. The SMILES string of the molecule is C=C(C)Cn1cc(-c2cnc(C(=O)Nc3ccc(C(=O)N4CCN(C(=O)NC5CC(NC(=O)O)C5)CC4)c(Cl)c3)n2C)c(C(F)(F)F)n1. The number of halogens is 4. The highest BCUT2D eigenvalue weighted by Gasteiger charge is 2.39. The number of rotatable bonds is 8. The minimum Gasteiger partial charge on any atom is -0.465 e. The van der Waals surface area contributed by atoms with Crippen molar-refractivity contribution >= 4 is 41.2 Å². The van der Waals surface area contributed by atoms with Crippen molar-refractivity contribution < 1.29 is 37.5 Å². The molecule has 3 aromatic rings. The molecular formula is C30H33ClF3N9O5. The van der Waals surface area contributed by atoms with Crippen LogP contribution in [0.4, 0.5) is 28.4 Å². The van der Waals surface area contributed by atoms with Crippen molar-refractivity contribution in [2.24, 2.45) is 7.05 Å². The van der Waals surface area contributed by atoms with Gasteiger partial charge in [-0.05, 0) is 38.0 Å². The van der Waals surface area contributed by atoms with Gasteiger partial charge >= 0.3 is 18.3 Å². The Morgan fingerprint density at radius 2 is 1.71 bits per heavy atom. The van der Waals surface area contributed by atoms with E-state index in [1.54, 1.807) is 16.7 Å². The highest BCUT2D eigenvalue weighted by molar-refractivity contribution is 6.34. The number of aromatic nitrogens is 4. The lowest BCUT2D eigenvalue weighted by Crippen LogP contribution is -2.58. The Bertz CT molecular complexity index is 1760. The van der Waals surface area contributed by atoms with E-state index in [0.717, 1.165) is 10.9 Å². The van der Waals surface area contributed by atoms with Crippen molar-refractivity contribution in [3.05, 3.63) is 64.8 Å². The van der Waals surface area contributed by atoms with Crippen LogP contribution >= 0.6 is 11.6 Å². The Balaban J connectivity index is 1.18. The van der Waals surface area contributed by atoms with E-state index >= 15 is 0 Å². The number of urea groups is 1. The first-order chi connectivity index (χ1) is 22.6. The number of carbonyl (C=O) groups is 4. The first-order valence-corrected chi connectivity index (χ1v) is 15.2. The Morgan fingerprint density at radius 1 is 1.06 bits per heavy atom. The number of hydrogen-bond acceptors (Lipinski definition) is 6. The standard InChI is InChI=1S/C30H33ClF3N9O5/c1-16(2)14-43-15-21(24(39-43)30(32,33)34)23-13-35-25(40(23)3)26(44)36-17-4-5-20(22(31)12-17)27(45)41-6-8-42(9-7-41)28(46)37-18-10-19(11-18)38-29(47)48/h4-5,12-13,15,18-19,38H,1,6-11,14H2,2-3H3,(H,36,44)(H,37,46)(H,47,48). The van der Waals surface area contributed by atoms with Gasteiger partial charge in [-0.25, -0.2) is 14.6 Å². The molecule has 48 heavy (non-hydrogen) atoms. The molecule has 1 saturated heterocycles. The normalized spacial score (nSPS) is 17.8. The molecule has 2 fully saturated rings. The van der Waals surface area contributed by atoms with E-state index in [-0.39, 0.29) is 90.1 Å². The van der Waals surface area contributed by atoms with Gasteiger partial charge in [0.15, 0.2) is 11.5 Å². The number of anilines is 1. The van der Waals surface area contributed by atoms with Crippen molar-refractivity contribution in [2.75, 3.05) is 31.5 Å². The second-order valence-electron chi connectivity index (χ2n) is 11.8. The van der Waals surface area contributed by atoms with Gasteiger partial charge in [-0.2, -0.15) is 18.3 Å². The van der Waals surface area contributed by atoms with Gasteiger partial charge < -0.3 is 35.4 Å². The average molecular weight is 692 g/mol. The molecule has 1 saturated carbocycles. The minimum atomic E-state index is -4.75. The Morgan fingerprint density at radius 3 is 2.31 bits per heavy atom. The topological polar surface area (TPSA) is 167 Å². The number of piperazine rings is 1. The molecule has 0 radical (unpaired) electrons. The molecule has 256 valence electrons. The van der Waals surface area contributed by atoms with Gasteiger partial charge in [0, 0.05) is 57.2 Å². The summed E-state index contributed by atoms with van der Waals surface area (Å²) < 4.78 is 43.7. The van der Waals surface area contributed by atoms with Gasteiger partial charge in [-0.1, -0.05) is 23.8 Å². The molecule has 2 aromatic heterocycles. The maximum atomic E-state index is 13.8. The summed E-state index contributed by atoms with van der Waals surface area (Å²) in [5.41, 5.74) is -0.308. The maximum Gasteiger partial charge on any atom is 0.435 e. The first-order valence-electron chi connectivity index (χ1n) is 14.9. The molecule has 2 aliphatic rings. The number of hydrogen-bond donors (Lipinski definition) is 4. The summed E-state index contributed by atoms with van der Waals surface area (Å²) in [5, 5.41) is 20.4. The molecule has 3 heterocycles. The van der Waals surface area contributed by atoms with E-state index < -0.39 is 23.9 Å². The van der Waals surface area contributed by atoms with E-state index in [9.17, 15) is 32.3 Å². The van der Waals surface area contributed by atoms with Gasteiger partial charge in [-0.15, -0.1) is 0 Å². The number of carbonyl (C=O) groups excluding carboxylic acids is 3. The van der Waals surface area contributed by atoms with Gasteiger partial charge in [0.1, 0.15) is 0 Å². The summed E-state index contributed by atoms with van der Waals surface area (Å²) in [7, 11) is 1.41. The molecular weight excluding hydrogens is 659 g/mol. The van der Waals surface area contributed by atoms with Gasteiger partial charge in [0.05, 0.1) is 34.6 Å². The van der Waals surface area contributed by atoms with Crippen LogP contribution in [-0.2, 0) is 19.8 Å². The van der Waals surface area contributed by atoms with Crippen molar-refractivity contribution in [3.63, 3.8) is 0 Å². The fraction of sp³-hybridized carbons (Fsp3) is 0.400. The fourth-order valence-corrected chi connectivity index (χ4v) is 5.84. The number of benzene rings is 1. The molecule has 0 atom stereocenters. The van der Waals surface area contributed by atoms with Crippen LogP contribution in [0.25, 0.3) is 11.3 Å². The lowest BCUT2D eigenvalue weighted by atomic mass is 9.87. The van der Waals surface area contributed by atoms with E-state index in [0.29, 0.717) is 18.4 Å². The van der Waals surface area contributed by atoms with Gasteiger partial charge in [-0.3, -0.25) is 14.3 Å². The molecule has 1 aromatic carbocycles. The zero-order chi connectivity index (χ0) is 34.9. The predicted molar refractivity (Wildman–Crippen MR) is 168 cm³/mol. The van der Waals surface area contributed by atoms with Crippen LogP contribution in [0.5, 0.6) is 0 Å². The van der Waals surface area contributed by atoms with E-state index in [2.05, 4.69) is 32.6 Å². The zero-order valence-corrected chi connectivity index (χ0v) is 26.7. The summed E-state index contributed by atoms with van der Waals surface area (Å²) in [4.78, 5) is 56.8. The molecule has 14 nitrogen and oxygen atoms in total. The first kappa shape index (κ1) is 34.3. The smallest absolute Gasteiger partial charge is 0.435 e. The summed E-state index contributed by atoms with van der Waals surface area (Å²) in [6, 6.07) is 3.72. The maximum absolute atomic E-state index is 13.8. The molecule has 0 unspecified atom stereocenters. The van der Waals surface area contributed by atoms with Crippen LogP contribution < -0.4 is 16.0 Å². The lowest BCUT2D eigenvalue weighted by Gasteiger charge is -2.39. The van der Waals surface area contributed by atoms with Crippen molar-refractivity contribution in [3.8, 4) is 11.3 Å². The largest absolute Gasteiger partial charge is 0.465 e. The highest BCUT2D eigenvalue weighted by atomic mass is 35.5. The number of allylic oxidation sites excluding steroid dienone is 1. The summed E-state index contributed by atoms with van der Waals surface area (Å²) >= 11 is 6.43. The van der Waals surface area contributed by atoms with Gasteiger partial charge in [0.2, 0.25) is 0 Å². The van der Waals surface area contributed by atoms with E-state index in [4.69, 9.17) is 16.7 Å². The number of nitrogens with one attached hydrogen (secondary N) is 3. The van der Waals surface area contributed by atoms with Crippen molar-refractivity contribution in [2.45, 2.75) is 44.6 Å². The molecule has 5 rings (SSSR count). The van der Waals surface area contributed by atoms with Gasteiger partial charge in [0.25, 0.3) is 11.8 Å². The van der Waals surface area contributed by atoms with Crippen molar-refractivity contribution in [1.29, 1.82) is 0 Å². The highest BCUT2D eigenvalue weighted by Crippen LogP contribution is 2.36. The predicted octanol–water partition coefficient (Wildman–Crippen LogP) is 4.05. The fourth-order valence-electron chi connectivity index (χ4n) is 5.58. The van der Waals surface area contributed by atoms with Crippen LogP contribution in [0.1, 0.15) is 46.4 Å². The van der Waals surface area contributed by atoms with Crippen LogP contribution in [0.15, 0.2) is 42.7 Å². The molecule has 0 bridgehead atoms. The second kappa shape index (κ2) is 13.6. The third kappa shape index (κ3) is 7.56. The Kier molecular flexibility index (Phi) is 9.70. The van der Waals surface area contributed by atoms with Crippen LogP contribution in [0.2, 0.25) is 5.02 Å². The number of nitrogens with zero attached hydrogens (tertiary/aromatic N) is 6. The number of amides is 5. The monoisotopic (exact) mass is 691 g/mol. The Labute approximate surface area is 277 Å². The lowest BCUT2D eigenvalue weighted by molar-refractivity contribution is -0.141. The molecule has 0 spiro atoms. The molecule has 5 amide bonds. The zero-order valence-electron chi connectivity index (χ0n) is 26.0.